The third-order valence-corrected chi connectivity index (χ3v) is 1.64. The van der Waals surface area contributed by atoms with Crippen molar-refractivity contribution >= 4 is 17.6 Å². The Kier molecular flexibility index (Phi) is 3.12. The molecule has 0 aromatic heterocycles. The van der Waals surface area contributed by atoms with Crippen LogP contribution in [0.1, 0.15) is 10.4 Å². The molecule has 5 N–H and O–H groups in total. The molecule has 0 saturated heterocycles. The molecule has 0 heterocycles. The number of carboxylic acids is 1. The lowest BCUT2D eigenvalue weighted by Crippen LogP contribution is -2.21. The zero-order chi connectivity index (χ0) is 11.4. The third kappa shape index (κ3) is 2.60. The summed E-state index contributed by atoms with van der Waals surface area (Å²) in [7, 11) is 0. The first-order valence-corrected chi connectivity index (χ1v) is 4.05. The zero-order valence-corrected chi connectivity index (χ0v) is 7.77. The maximum absolute atomic E-state index is 10.8. The van der Waals surface area contributed by atoms with Crippen LogP contribution in [0.3, 0.4) is 0 Å². The van der Waals surface area contributed by atoms with Gasteiger partial charge in [-0.15, -0.1) is 0 Å². The van der Waals surface area contributed by atoms with Gasteiger partial charge in [0, 0.05) is 5.69 Å². The Labute approximate surface area is 85.4 Å². The fourth-order valence-electron chi connectivity index (χ4n) is 1.05. The second-order valence-corrected chi connectivity index (χ2v) is 2.78. The summed E-state index contributed by atoms with van der Waals surface area (Å²) in [4.78, 5) is 21.3. The van der Waals surface area contributed by atoms with Crippen LogP contribution in [0.25, 0.3) is 0 Å². The average Bonchev–Trinajstić information content (AvgIpc) is 2.13. The maximum Gasteiger partial charge on any atom is 0.341 e. The first-order valence-electron chi connectivity index (χ1n) is 4.05. The number of nitrogen functional groups attached to an aromatic ring is 1. The van der Waals surface area contributed by atoms with Crippen LogP contribution in [0.2, 0.25) is 0 Å². The minimum atomic E-state index is -1.22. The van der Waals surface area contributed by atoms with Gasteiger partial charge in [-0.3, -0.25) is 4.79 Å². The first kappa shape index (κ1) is 10.8. The van der Waals surface area contributed by atoms with Gasteiger partial charge in [0.1, 0.15) is 11.3 Å². The van der Waals surface area contributed by atoms with Gasteiger partial charge in [-0.2, -0.15) is 0 Å². The monoisotopic (exact) mass is 210 g/mol. The summed E-state index contributed by atoms with van der Waals surface area (Å²) in [5.41, 5.74) is 10.2. The van der Waals surface area contributed by atoms with Crippen molar-refractivity contribution in [3.05, 3.63) is 23.8 Å². The molecule has 0 fully saturated rings. The van der Waals surface area contributed by atoms with E-state index >= 15 is 0 Å². The van der Waals surface area contributed by atoms with Crippen molar-refractivity contribution in [3.8, 4) is 5.75 Å². The summed E-state index contributed by atoms with van der Waals surface area (Å²) in [6.07, 6.45) is 0. The molecule has 1 aromatic carbocycles. The Bertz CT molecular complexity index is 403. The second-order valence-electron chi connectivity index (χ2n) is 2.78. The van der Waals surface area contributed by atoms with Gasteiger partial charge < -0.3 is 21.3 Å². The number of carbonyl (C=O) groups excluding carboxylic acids is 1. The Morgan fingerprint density at radius 2 is 2.07 bits per heavy atom. The fourth-order valence-corrected chi connectivity index (χ4v) is 1.05. The van der Waals surface area contributed by atoms with Crippen LogP contribution in [0.5, 0.6) is 5.75 Å². The lowest BCUT2D eigenvalue weighted by molar-refractivity contribution is -0.119. The highest BCUT2D eigenvalue weighted by atomic mass is 16.5. The molecule has 0 unspecified atom stereocenters. The van der Waals surface area contributed by atoms with E-state index in [4.69, 9.17) is 21.3 Å². The Morgan fingerprint density at radius 3 is 2.60 bits per heavy atom. The second kappa shape index (κ2) is 4.32. The first-order chi connectivity index (χ1) is 7.02. The van der Waals surface area contributed by atoms with Gasteiger partial charge in [0.15, 0.2) is 6.61 Å². The van der Waals surface area contributed by atoms with Crippen molar-refractivity contribution in [2.45, 2.75) is 0 Å². The minimum Gasteiger partial charge on any atom is -0.483 e. The number of ether oxygens (including phenoxy) is 1. The lowest BCUT2D eigenvalue weighted by atomic mass is 10.1. The van der Waals surface area contributed by atoms with Gasteiger partial charge in [0.2, 0.25) is 0 Å². The summed E-state index contributed by atoms with van der Waals surface area (Å²) in [5, 5.41) is 8.84. The topological polar surface area (TPSA) is 116 Å². The van der Waals surface area contributed by atoms with Crippen LogP contribution in [0.4, 0.5) is 5.69 Å². The number of amides is 1. The molecule has 1 amide bonds. The van der Waals surface area contributed by atoms with E-state index in [0.29, 0.717) is 0 Å². The van der Waals surface area contributed by atoms with Crippen LogP contribution in [-0.4, -0.2) is 23.6 Å². The van der Waals surface area contributed by atoms with Crippen molar-refractivity contribution in [2.75, 3.05) is 12.3 Å². The van der Waals surface area contributed by atoms with E-state index < -0.39 is 11.9 Å². The highest BCUT2D eigenvalue weighted by Gasteiger charge is 2.15. The average molecular weight is 210 g/mol. The number of primary amides is 1. The molecule has 0 aliphatic carbocycles. The van der Waals surface area contributed by atoms with E-state index in [0.717, 1.165) is 0 Å². The largest absolute Gasteiger partial charge is 0.483 e. The minimum absolute atomic E-state index is 0.0290. The van der Waals surface area contributed by atoms with Crippen molar-refractivity contribution in [3.63, 3.8) is 0 Å². The number of anilines is 1. The van der Waals surface area contributed by atoms with Gasteiger partial charge in [0.05, 0.1) is 0 Å². The van der Waals surface area contributed by atoms with Crippen LogP contribution in [0, 0.1) is 0 Å². The number of carboxylic acid groups (broad SMARTS) is 1. The molecular formula is C9H10N2O4. The smallest absolute Gasteiger partial charge is 0.341 e. The van der Waals surface area contributed by atoms with Crippen molar-refractivity contribution in [1.82, 2.24) is 0 Å². The van der Waals surface area contributed by atoms with E-state index in [9.17, 15) is 9.59 Å². The Hall–Kier alpha value is -2.24. The van der Waals surface area contributed by atoms with E-state index in [1.807, 2.05) is 0 Å². The summed E-state index contributed by atoms with van der Waals surface area (Å²) >= 11 is 0. The van der Waals surface area contributed by atoms with Gasteiger partial charge >= 0.3 is 5.97 Å². The highest BCUT2D eigenvalue weighted by molar-refractivity contribution is 5.96. The fraction of sp³-hybridized carbons (Fsp3) is 0.111. The highest BCUT2D eigenvalue weighted by Crippen LogP contribution is 2.24. The molecular weight excluding hydrogens is 200 g/mol. The predicted octanol–water partition coefficient (Wildman–Crippen LogP) is -0.169. The van der Waals surface area contributed by atoms with Crippen molar-refractivity contribution < 1.29 is 19.4 Å². The molecule has 0 spiro atoms. The molecule has 0 bridgehead atoms. The van der Waals surface area contributed by atoms with E-state index in [1.54, 1.807) is 0 Å². The van der Waals surface area contributed by atoms with Crippen molar-refractivity contribution in [2.24, 2.45) is 5.73 Å². The molecule has 0 aliphatic rings. The zero-order valence-electron chi connectivity index (χ0n) is 7.77. The summed E-state index contributed by atoms with van der Waals surface area (Å²) in [5.74, 6) is -1.87. The number of hydrogen-bond donors (Lipinski definition) is 3. The third-order valence-electron chi connectivity index (χ3n) is 1.64. The summed E-state index contributed by atoms with van der Waals surface area (Å²) in [6.45, 7) is -0.385. The Balaban J connectivity index is 3.01. The molecule has 80 valence electrons. The van der Waals surface area contributed by atoms with Gasteiger partial charge in [-0.1, -0.05) is 6.07 Å². The normalized spacial score (nSPS) is 9.60. The maximum atomic E-state index is 10.8. The van der Waals surface area contributed by atoms with E-state index in [1.165, 1.54) is 18.2 Å². The molecule has 0 aliphatic heterocycles. The van der Waals surface area contributed by atoms with Crippen LogP contribution in [-0.2, 0) is 4.79 Å². The predicted molar refractivity (Wildman–Crippen MR) is 52.5 cm³/mol. The van der Waals surface area contributed by atoms with E-state index in [-0.39, 0.29) is 23.6 Å². The number of hydrogen-bond acceptors (Lipinski definition) is 4. The lowest BCUT2D eigenvalue weighted by Gasteiger charge is -2.08. The summed E-state index contributed by atoms with van der Waals surface area (Å²) in [6, 6.07) is 4.36. The number of rotatable bonds is 4. The molecule has 0 atom stereocenters. The number of aromatic carboxylic acids is 1. The van der Waals surface area contributed by atoms with E-state index in [2.05, 4.69) is 0 Å². The summed E-state index contributed by atoms with van der Waals surface area (Å²) < 4.78 is 4.91. The van der Waals surface area contributed by atoms with Gasteiger partial charge in [-0.05, 0) is 12.1 Å². The molecule has 6 heteroatoms. The number of benzene rings is 1. The molecule has 0 radical (unpaired) electrons. The molecule has 6 nitrogen and oxygen atoms in total. The van der Waals surface area contributed by atoms with Gasteiger partial charge in [0.25, 0.3) is 5.91 Å². The van der Waals surface area contributed by atoms with Crippen molar-refractivity contribution in [1.29, 1.82) is 0 Å². The molecule has 15 heavy (non-hydrogen) atoms. The Morgan fingerprint density at radius 1 is 1.40 bits per heavy atom. The molecule has 1 rings (SSSR count). The van der Waals surface area contributed by atoms with Crippen LogP contribution in [0.15, 0.2) is 18.2 Å². The number of carbonyl (C=O) groups is 2. The number of nitrogens with two attached hydrogens (primary N) is 2. The molecule has 1 aromatic rings. The quantitative estimate of drug-likeness (QED) is 0.596. The van der Waals surface area contributed by atoms with Crippen LogP contribution < -0.4 is 16.2 Å². The SMILES string of the molecule is NC(=O)COc1cccc(N)c1C(=O)O. The molecule has 0 saturated carbocycles. The van der Waals surface area contributed by atoms with Gasteiger partial charge in [-0.25, -0.2) is 4.79 Å². The standard InChI is InChI=1S/C9H10N2O4/c10-5-2-1-3-6(8(5)9(13)14)15-4-7(11)12/h1-3H,4,10H2,(H2,11,12)(H,13,14). The van der Waals surface area contributed by atoms with Crippen LogP contribution >= 0.6 is 0 Å².